The third-order valence-corrected chi connectivity index (χ3v) is 12.1. The van der Waals surface area contributed by atoms with Crippen molar-refractivity contribution in [3.05, 3.63) is 193 Å². The van der Waals surface area contributed by atoms with Gasteiger partial charge in [-0.25, -0.2) is 0 Å². The van der Waals surface area contributed by atoms with E-state index in [-0.39, 0.29) is 5.41 Å². The van der Waals surface area contributed by atoms with Crippen LogP contribution in [0.4, 0.5) is 17.1 Å². The van der Waals surface area contributed by atoms with Crippen LogP contribution in [0.5, 0.6) is 0 Å². The molecule has 0 spiro atoms. The molecule has 0 amide bonds. The van der Waals surface area contributed by atoms with Crippen molar-refractivity contribution in [3.8, 4) is 39.1 Å². The Morgan fingerprint density at radius 1 is 0.421 bits per heavy atom. The van der Waals surface area contributed by atoms with E-state index >= 15 is 0 Å². The second-order valence-corrected chi connectivity index (χ2v) is 16.7. The minimum absolute atomic E-state index is 0.0144. The zero-order valence-corrected chi connectivity index (χ0v) is 32.7. The lowest BCUT2D eigenvalue weighted by Gasteiger charge is -2.31. The lowest BCUT2D eigenvalue weighted by molar-refractivity contribution is 0.590. The number of hydrogen-bond acceptors (Lipinski definition) is 1. The lowest BCUT2D eigenvalue weighted by Crippen LogP contribution is -2.16. The molecule has 0 atom stereocenters. The molecule has 11 rings (SSSR count). The van der Waals surface area contributed by atoms with Crippen molar-refractivity contribution >= 4 is 60.4 Å². The largest absolute Gasteiger partial charge is 0.310 e. The predicted octanol–water partition coefficient (Wildman–Crippen LogP) is 15.5. The van der Waals surface area contributed by atoms with Crippen LogP contribution in [-0.2, 0) is 5.41 Å². The third kappa shape index (κ3) is 5.32. The summed E-state index contributed by atoms with van der Waals surface area (Å²) in [6.07, 6.45) is 0. The van der Waals surface area contributed by atoms with Crippen LogP contribution in [0.25, 0.3) is 82.4 Å². The standard InChI is InChI=1S/C55H42N2/c1-35-22-25-41(55(2,3)4)34-54(35)57(51-19-11-8-16-44(51)36-14-6-5-7-15-36)43-27-24-38-31-48-47-30-37-23-26-42(28-39(37)32-49(47)50(48)33-40(38)29-43)56-52-20-12-9-17-45(52)46-18-10-13-21-53(46)56/h5-34H,1-4H3. The summed E-state index contributed by atoms with van der Waals surface area (Å²) in [7, 11) is 0. The molecule has 1 aromatic heterocycles. The van der Waals surface area contributed by atoms with Gasteiger partial charge in [-0.2, -0.15) is 0 Å². The Morgan fingerprint density at radius 3 is 1.65 bits per heavy atom. The maximum Gasteiger partial charge on any atom is 0.0541 e. The average Bonchev–Trinajstić information content (AvgIpc) is 3.57. The van der Waals surface area contributed by atoms with Crippen molar-refractivity contribution in [2.45, 2.75) is 33.1 Å². The van der Waals surface area contributed by atoms with E-state index in [0.29, 0.717) is 0 Å². The topological polar surface area (TPSA) is 8.17 Å². The molecule has 57 heavy (non-hydrogen) atoms. The second kappa shape index (κ2) is 12.6. The first-order chi connectivity index (χ1) is 27.8. The van der Waals surface area contributed by atoms with Gasteiger partial charge < -0.3 is 9.47 Å². The first kappa shape index (κ1) is 33.4. The molecular formula is C55H42N2. The number of rotatable bonds is 5. The molecule has 1 aliphatic rings. The SMILES string of the molecule is Cc1ccc(C(C)(C)C)cc1N(c1ccc2cc3c(cc2c1)-c1cc2cc(-n4c5ccccc5c5ccccc54)ccc2cc1-3)c1ccccc1-c1ccccc1. The number of aromatic nitrogens is 1. The van der Waals surface area contributed by atoms with Crippen LogP contribution >= 0.6 is 0 Å². The summed E-state index contributed by atoms with van der Waals surface area (Å²) < 4.78 is 2.41. The van der Waals surface area contributed by atoms with Gasteiger partial charge in [-0.3, -0.25) is 0 Å². The smallest absolute Gasteiger partial charge is 0.0541 e. The zero-order valence-electron chi connectivity index (χ0n) is 32.7. The van der Waals surface area contributed by atoms with E-state index < -0.39 is 0 Å². The fourth-order valence-corrected chi connectivity index (χ4v) is 9.13. The van der Waals surface area contributed by atoms with Crippen molar-refractivity contribution in [1.82, 2.24) is 4.57 Å². The number of aryl methyl sites for hydroxylation is 1. The molecule has 2 heteroatoms. The molecular weight excluding hydrogens is 689 g/mol. The Kier molecular flexibility index (Phi) is 7.37. The zero-order chi connectivity index (χ0) is 38.4. The molecule has 9 aromatic carbocycles. The highest BCUT2D eigenvalue weighted by Gasteiger charge is 2.26. The summed E-state index contributed by atoms with van der Waals surface area (Å²) in [6.45, 7) is 9.12. The predicted molar refractivity (Wildman–Crippen MR) is 244 cm³/mol. The maximum atomic E-state index is 2.48. The summed E-state index contributed by atoms with van der Waals surface area (Å²) in [5.41, 5.74) is 17.4. The van der Waals surface area contributed by atoms with Crippen LogP contribution in [0.15, 0.2) is 182 Å². The van der Waals surface area contributed by atoms with Crippen LogP contribution in [0.1, 0.15) is 31.9 Å². The highest BCUT2D eigenvalue weighted by atomic mass is 15.1. The van der Waals surface area contributed by atoms with Crippen molar-refractivity contribution in [3.63, 3.8) is 0 Å². The first-order valence-electron chi connectivity index (χ1n) is 20.0. The first-order valence-corrected chi connectivity index (χ1v) is 20.0. The molecule has 0 N–H and O–H groups in total. The summed E-state index contributed by atoms with van der Waals surface area (Å²) >= 11 is 0. The Hall–Kier alpha value is -6.90. The fraction of sp³-hybridized carbons (Fsp3) is 0.0909. The van der Waals surface area contributed by atoms with Crippen molar-refractivity contribution < 1.29 is 0 Å². The number of benzene rings is 9. The molecule has 0 unspecified atom stereocenters. The van der Waals surface area contributed by atoms with Gasteiger partial charge in [0.15, 0.2) is 0 Å². The molecule has 10 aromatic rings. The summed E-state index contributed by atoms with van der Waals surface area (Å²) in [4.78, 5) is 2.48. The van der Waals surface area contributed by atoms with Gasteiger partial charge in [-0.1, -0.05) is 130 Å². The number of anilines is 3. The van der Waals surface area contributed by atoms with Gasteiger partial charge in [0.05, 0.1) is 16.7 Å². The van der Waals surface area contributed by atoms with Gasteiger partial charge in [0.1, 0.15) is 0 Å². The van der Waals surface area contributed by atoms with Crippen molar-refractivity contribution in [1.29, 1.82) is 0 Å². The van der Waals surface area contributed by atoms with Crippen LogP contribution < -0.4 is 4.90 Å². The van der Waals surface area contributed by atoms with E-state index in [4.69, 9.17) is 0 Å². The number of fused-ring (bicyclic) bond motifs is 9. The quantitative estimate of drug-likeness (QED) is 0.171. The van der Waals surface area contributed by atoms with Crippen LogP contribution in [0.3, 0.4) is 0 Å². The summed E-state index contributed by atoms with van der Waals surface area (Å²) in [6, 6.07) is 67.6. The molecule has 1 heterocycles. The Labute approximate surface area is 333 Å². The maximum absolute atomic E-state index is 2.48. The molecule has 0 bridgehead atoms. The van der Waals surface area contributed by atoms with E-state index in [0.717, 1.165) is 11.4 Å². The van der Waals surface area contributed by atoms with E-state index in [1.807, 2.05) is 0 Å². The van der Waals surface area contributed by atoms with Crippen LogP contribution in [0, 0.1) is 6.92 Å². The molecule has 0 saturated carbocycles. The Bertz CT molecular complexity index is 3180. The van der Waals surface area contributed by atoms with Crippen LogP contribution in [-0.4, -0.2) is 4.57 Å². The van der Waals surface area contributed by atoms with Gasteiger partial charge in [-0.15, -0.1) is 0 Å². The lowest BCUT2D eigenvalue weighted by atomic mass is 9.78. The van der Waals surface area contributed by atoms with Crippen molar-refractivity contribution in [2.24, 2.45) is 0 Å². The van der Waals surface area contributed by atoms with Crippen molar-refractivity contribution in [2.75, 3.05) is 4.90 Å². The van der Waals surface area contributed by atoms with Gasteiger partial charge in [0.25, 0.3) is 0 Å². The highest BCUT2D eigenvalue weighted by molar-refractivity contribution is 6.13. The second-order valence-electron chi connectivity index (χ2n) is 16.7. The fourth-order valence-electron chi connectivity index (χ4n) is 9.13. The third-order valence-electron chi connectivity index (χ3n) is 12.1. The normalized spacial score (nSPS) is 12.2. The number of para-hydroxylation sites is 3. The molecule has 2 nitrogen and oxygen atoms in total. The molecule has 0 fully saturated rings. The van der Waals surface area contributed by atoms with E-state index in [2.05, 4.69) is 219 Å². The molecule has 0 aliphatic heterocycles. The van der Waals surface area contributed by atoms with E-state index in [9.17, 15) is 0 Å². The van der Waals surface area contributed by atoms with Gasteiger partial charge in [0, 0.05) is 33.4 Å². The minimum atomic E-state index is 0.0144. The van der Waals surface area contributed by atoms with Gasteiger partial charge >= 0.3 is 0 Å². The molecule has 1 aliphatic carbocycles. The van der Waals surface area contributed by atoms with Crippen LogP contribution in [0.2, 0.25) is 0 Å². The summed E-state index contributed by atoms with van der Waals surface area (Å²) in [5, 5.41) is 7.57. The average molecular weight is 731 g/mol. The molecule has 272 valence electrons. The van der Waals surface area contributed by atoms with E-state index in [1.165, 1.54) is 99.2 Å². The molecule has 0 saturated heterocycles. The van der Waals surface area contributed by atoms with Gasteiger partial charge in [0.2, 0.25) is 0 Å². The van der Waals surface area contributed by atoms with E-state index in [1.54, 1.807) is 0 Å². The highest BCUT2D eigenvalue weighted by Crippen LogP contribution is 2.51. The monoisotopic (exact) mass is 730 g/mol. The number of nitrogens with zero attached hydrogens (tertiary/aromatic N) is 2. The Morgan fingerprint density at radius 2 is 0.982 bits per heavy atom. The number of hydrogen-bond donors (Lipinski definition) is 0. The minimum Gasteiger partial charge on any atom is -0.310 e. The van der Waals surface area contributed by atoms with Gasteiger partial charge in [-0.05, 0) is 146 Å². The summed E-state index contributed by atoms with van der Waals surface area (Å²) in [5.74, 6) is 0. The Balaban J connectivity index is 1.05. The molecule has 0 radical (unpaired) electrons.